The number of carbonyl (C=O) groups is 1. The minimum atomic E-state index is -0.658. The van der Waals surface area contributed by atoms with Crippen LogP contribution in [0.2, 0.25) is 0 Å². The monoisotopic (exact) mass is 579 g/mol. The van der Waals surface area contributed by atoms with Gasteiger partial charge in [-0.1, -0.05) is 65.9 Å². The van der Waals surface area contributed by atoms with E-state index in [2.05, 4.69) is 11.1 Å². The van der Waals surface area contributed by atoms with E-state index >= 15 is 0 Å². The fraction of sp³-hybridized carbons (Fsp3) is 0.212. The first-order chi connectivity index (χ1) is 20.4. The predicted molar refractivity (Wildman–Crippen MR) is 160 cm³/mol. The molecule has 1 atom stereocenters. The van der Waals surface area contributed by atoms with Crippen molar-refractivity contribution in [2.75, 3.05) is 13.2 Å². The molecule has 0 fully saturated rings. The van der Waals surface area contributed by atoms with Crippen LogP contribution in [0.3, 0.4) is 0 Å². The molecule has 0 N–H and O–H groups in total. The summed E-state index contributed by atoms with van der Waals surface area (Å²) in [6.45, 7) is 6.24. The number of carbonyl (C=O) groups excluding carboxylic acids is 1. The van der Waals surface area contributed by atoms with E-state index in [-0.39, 0.29) is 18.8 Å². The molecule has 0 unspecified atom stereocenters. The average Bonchev–Trinajstić information content (AvgIpc) is 3.30. The first kappa shape index (κ1) is 28.6. The Morgan fingerprint density at radius 1 is 1.02 bits per heavy atom. The zero-order valence-corrected chi connectivity index (χ0v) is 24.3. The number of nitrogens with zero attached hydrogens (tertiary/aromatic N) is 3. The van der Waals surface area contributed by atoms with E-state index in [1.54, 1.807) is 36.6 Å². The van der Waals surface area contributed by atoms with Crippen molar-refractivity contribution in [3.8, 4) is 17.6 Å². The van der Waals surface area contributed by atoms with E-state index in [0.29, 0.717) is 44.3 Å². The minimum absolute atomic E-state index is 0.212. The molecule has 4 aromatic rings. The van der Waals surface area contributed by atoms with Crippen molar-refractivity contribution in [3.05, 3.63) is 126 Å². The molecular weight excluding hydrogens is 550 g/mol. The molecule has 0 bridgehead atoms. The van der Waals surface area contributed by atoms with Crippen molar-refractivity contribution in [2.24, 2.45) is 4.99 Å². The van der Waals surface area contributed by atoms with Gasteiger partial charge in [0.15, 0.2) is 16.3 Å². The first-order valence-corrected chi connectivity index (χ1v) is 14.4. The molecule has 1 aliphatic heterocycles. The van der Waals surface area contributed by atoms with Crippen molar-refractivity contribution in [1.82, 2.24) is 4.57 Å². The van der Waals surface area contributed by atoms with Crippen LogP contribution in [0.25, 0.3) is 6.08 Å². The molecule has 2 heterocycles. The molecule has 5 rings (SSSR count). The van der Waals surface area contributed by atoms with Crippen LogP contribution in [0.5, 0.6) is 11.5 Å². The maximum absolute atomic E-state index is 13.9. The van der Waals surface area contributed by atoms with Crippen LogP contribution in [0, 0.1) is 11.3 Å². The van der Waals surface area contributed by atoms with Crippen LogP contribution >= 0.6 is 11.3 Å². The second kappa shape index (κ2) is 12.7. The number of aromatic nitrogens is 1. The molecule has 1 aliphatic rings. The summed E-state index contributed by atoms with van der Waals surface area (Å²) >= 11 is 1.26. The van der Waals surface area contributed by atoms with Crippen molar-refractivity contribution >= 4 is 23.4 Å². The predicted octanol–water partition coefficient (Wildman–Crippen LogP) is 4.65. The lowest BCUT2D eigenvalue weighted by Crippen LogP contribution is -2.39. The Bertz CT molecular complexity index is 1880. The molecule has 0 amide bonds. The van der Waals surface area contributed by atoms with E-state index < -0.39 is 12.0 Å². The van der Waals surface area contributed by atoms with Crippen molar-refractivity contribution in [1.29, 1.82) is 5.26 Å². The Balaban J connectivity index is 1.54. The van der Waals surface area contributed by atoms with Gasteiger partial charge in [-0.2, -0.15) is 5.26 Å². The second-order valence-corrected chi connectivity index (χ2v) is 10.4. The normalized spacial score (nSPS) is 14.5. The molecule has 42 heavy (non-hydrogen) atoms. The summed E-state index contributed by atoms with van der Waals surface area (Å²) in [4.78, 5) is 32.0. The molecule has 0 radical (unpaired) electrons. The standard InChI is InChI=1S/C33H29N3O5S/c1-4-39-27-17-22(15-16-26(27)41-20-25-14-10-9-13-24(25)19-34)18-28-31(37)36-30(23-11-7-6-8-12-23)29(32(38)40-5-2)21(3)35-33(36)42-28/h6-18,30H,4-5,20H2,1-3H3/b28-18+/t30-/m0/s1. The number of rotatable bonds is 9. The lowest BCUT2D eigenvalue weighted by Gasteiger charge is -2.24. The Hall–Kier alpha value is -4.94. The van der Waals surface area contributed by atoms with E-state index in [0.717, 1.165) is 16.7 Å². The average molecular weight is 580 g/mol. The van der Waals surface area contributed by atoms with Crippen LogP contribution in [0.15, 0.2) is 93.9 Å². The maximum atomic E-state index is 13.9. The number of fused-ring (bicyclic) bond motifs is 1. The van der Waals surface area contributed by atoms with Gasteiger partial charge in [0.1, 0.15) is 6.61 Å². The number of allylic oxidation sites excluding steroid dienone is 1. The second-order valence-electron chi connectivity index (χ2n) is 9.41. The minimum Gasteiger partial charge on any atom is -0.490 e. The number of nitriles is 1. The number of hydrogen-bond acceptors (Lipinski definition) is 8. The third kappa shape index (κ3) is 5.76. The summed E-state index contributed by atoms with van der Waals surface area (Å²) in [6, 6.07) is 23.7. The zero-order chi connectivity index (χ0) is 29.6. The summed E-state index contributed by atoms with van der Waals surface area (Å²) in [7, 11) is 0. The van der Waals surface area contributed by atoms with Gasteiger partial charge >= 0.3 is 5.97 Å². The molecule has 9 heteroatoms. The van der Waals surface area contributed by atoms with Crippen LogP contribution in [-0.2, 0) is 16.1 Å². The highest BCUT2D eigenvalue weighted by Crippen LogP contribution is 2.31. The van der Waals surface area contributed by atoms with Crippen LogP contribution in [0.1, 0.15) is 49.1 Å². The Morgan fingerprint density at radius 3 is 2.52 bits per heavy atom. The lowest BCUT2D eigenvalue weighted by molar-refractivity contribution is -0.139. The van der Waals surface area contributed by atoms with E-state index in [9.17, 15) is 14.9 Å². The van der Waals surface area contributed by atoms with Crippen molar-refractivity contribution in [2.45, 2.75) is 33.4 Å². The fourth-order valence-electron chi connectivity index (χ4n) is 4.81. The van der Waals surface area contributed by atoms with Gasteiger partial charge in [-0.25, -0.2) is 9.79 Å². The fourth-order valence-corrected chi connectivity index (χ4v) is 5.85. The van der Waals surface area contributed by atoms with E-state index in [4.69, 9.17) is 14.2 Å². The highest BCUT2D eigenvalue weighted by molar-refractivity contribution is 7.07. The highest BCUT2D eigenvalue weighted by Gasteiger charge is 2.33. The number of ether oxygens (including phenoxy) is 3. The summed E-state index contributed by atoms with van der Waals surface area (Å²) in [6.07, 6.45) is 1.78. The SMILES string of the molecule is CCOC(=O)C1=C(C)N=c2s/c(=C/c3ccc(OCc4ccccc4C#N)c(OCC)c3)c(=O)n2[C@H]1c1ccccc1. The van der Waals surface area contributed by atoms with Gasteiger partial charge < -0.3 is 14.2 Å². The van der Waals surface area contributed by atoms with Gasteiger partial charge in [0.25, 0.3) is 5.56 Å². The van der Waals surface area contributed by atoms with E-state index in [1.165, 1.54) is 11.3 Å². The van der Waals surface area contributed by atoms with Gasteiger partial charge in [0, 0.05) is 5.56 Å². The molecule has 212 valence electrons. The lowest BCUT2D eigenvalue weighted by atomic mass is 9.96. The van der Waals surface area contributed by atoms with E-state index in [1.807, 2.05) is 67.6 Å². The highest BCUT2D eigenvalue weighted by atomic mass is 32.1. The zero-order valence-electron chi connectivity index (χ0n) is 23.5. The molecule has 8 nitrogen and oxygen atoms in total. The molecule has 0 aliphatic carbocycles. The van der Waals surface area contributed by atoms with Crippen molar-refractivity contribution < 1.29 is 19.0 Å². The molecule has 3 aromatic carbocycles. The number of hydrogen-bond donors (Lipinski definition) is 0. The number of esters is 1. The summed E-state index contributed by atoms with van der Waals surface area (Å²) in [5.74, 6) is 0.564. The topological polar surface area (TPSA) is 103 Å². The third-order valence-electron chi connectivity index (χ3n) is 6.72. The van der Waals surface area contributed by atoms with Crippen LogP contribution in [-0.4, -0.2) is 23.8 Å². The van der Waals surface area contributed by atoms with Gasteiger partial charge in [-0.05, 0) is 56.2 Å². The van der Waals surface area contributed by atoms with Crippen LogP contribution in [0.4, 0.5) is 0 Å². The van der Waals surface area contributed by atoms with Gasteiger partial charge in [0.05, 0.1) is 46.7 Å². The molecule has 0 spiro atoms. The first-order valence-electron chi connectivity index (χ1n) is 13.6. The number of thiazole rings is 1. The smallest absolute Gasteiger partial charge is 0.338 e. The van der Waals surface area contributed by atoms with Gasteiger partial charge in [-0.15, -0.1) is 0 Å². The van der Waals surface area contributed by atoms with Crippen molar-refractivity contribution in [3.63, 3.8) is 0 Å². The molecule has 0 saturated carbocycles. The summed E-state index contributed by atoms with van der Waals surface area (Å²) in [5, 5.41) is 9.38. The summed E-state index contributed by atoms with van der Waals surface area (Å²) in [5.41, 5.74) is 3.48. The molecular formula is C33H29N3O5S. The summed E-state index contributed by atoms with van der Waals surface area (Å²) < 4.78 is 19.3. The molecule has 1 aromatic heterocycles. The maximum Gasteiger partial charge on any atom is 0.338 e. The number of benzene rings is 3. The quantitative estimate of drug-likeness (QED) is 0.268. The Morgan fingerprint density at radius 2 is 1.79 bits per heavy atom. The van der Waals surface area contributed by atoms with Gasteiger partial charge in [-0.3, -0.25) is 9.36 Å². The van der Waals surface area contributed by atoms with Crippen LogP contribution < -0.4 is 24.4 Å². The Kier molecular flexibility index (Phi) is 8.65. The third-order valence-corrected chi connectivity index (χ3v) is 7.70. The van der Waals surface area contributed by atoms with Gasteiger partial charge in [0.2, 0.25) is 0 Å². The largest absolute Gasteiger partial charge is 0.490 e. The molecule has 0 saturated heterocycles. The Labute approximate surface area is 247 Å².